The molecule has 0 spiro atoms. The molecule has 1 rings (SSSR count). The van der Waals surface area contributed by atoms with Gasteiger partial charge in [0, 0.05) is 26.3 Å². The van der Waals surface area contributed by atoms with Gasteiger partial charge in [-0.25, -0.2) is 0 Å². The maximum atomic E-state index is 11.2. The summed E-state index contributed by atoms with van der Waals surface area (Å²) >= 11 is 0. The average Bonchev–Trinajstić information content (AvgIpc) is 2.17. The minimum atomic E-state index is 0.00176. The molecule has 3 nitrogen and oxygen atoms in total. The topological polar surface area (TPSA) is 29.5 Å². The lowest BCUT2D eigenvalue weighted by Crippen LogP contribution is -2.39. The third kappa shape index (κ3) is 2.08. The van der Waals surface area contributed by atoms with Crippen molar-refractivity contribution >= 4 is 5.91 Å². The standard InChI is InChI=1S/C9H15NO2/c1-3-9(11)10(2)8-4-6-12-7-5-8/h3,8H,1,4-7H2,2H3. The molecular formula is C9H15NO2. The average molecular weight is 169 g/mol. The van der Waals surface area contributed by atoms with Crippen molar-refractivity contribution < 1.29 is 9.53 Å². The van der Waals surface area contributed by atoms with Crippen molar-refractivity contribution in [1.82, 2.24) is 4.90 Å². The zero-order chi connectivity index (χ0) is 8.97. The molecule has 0 aromatic heterocycles. The summed E-state index contributed by atoms with van der Waals surface area (Å²) in [6.45, 7) is 4.98. The van der Waals surface area contributed by atoms with Crippen molar-refractivity contribution in [1.29, 1.82) is 0 Å². The van der Waals surface area contributed by atoms with Crippen LogP contribution in [0.5, 0.6) is 0 Å². The van der Waals surface area contributed by atoms with Crippen LogP contribution >= 0.6 is 0 Å². The van der Waals surface area contributed by atoms with Gasteiger partial charge in [-0.15, -0.1) is 0 Å². The number of nitrogens with zero attached hydrogens (tertiary/aromatic N) is 1. The van der Waals surface area contributed by atoms with Crippen molar-refractivity contribution in [2.24, 2.45) is 0 Å². The molecule has 1 aliphatic rings. The van der Waals surface area contributed by atoms with Crippen LogP contribution in [0.2, 0.25) is 0 Å². The highest BCUT2D eigenvalue weighted by atomic mass is 16.5. The Morgan fingerprint density at radius 2 is 2.17 bits per heavy atom. The van der Waals surface area contributed by atoms with E-state index in [-0.39, 0.29) is 5.91 Å². The number of carbonyl (C=O) groups is 1. The second-order valence-corrected chi connectivity index (χ2v) is 3.00. The van der Waals surface area contributed by atoms with Gasteiger partial charge in [-0.05, 0) is 18.9 Å². The van der Waals surface area contributed by atoms with Gasteiger partial charge in [0.1, 0.15) is 0 Å². The van der Waals surface area contributed by atoms with Crippen molar-refractivity contribution in [3.8, 4) is 0 Å². The summed E-state index contributed by atoms with van der Waals surface area (Å²) in [6.07, 6.45) is 3.24. The molecule has 0 N–H and O–H groups in total. The van der Waals surface area contributed by atoms with Crippen LogP contribution in [0.15, 0.2) is 12.7 Å². The van der Waals surface area contributed by atoms with Gasteiger partial charge in [0.2, 0.25) is 5.91 Å². The van der Waals surface area contributed by atoms with Crippen molar-refractivity contribution in [2.45, 2.75) is 18.9 Å². The van der Waals surface area contributed by atoms with Gasteiger partial charge >= 0.3 is 0 Å². The van der Waals surface area contributed by atoms with E-state index < -0.39 is 0 Å². The predicted molar refractivity (Wildman–Crippen MR) is 46.8 cm³/mol. The summed E-state index contributed by atoms with van der Waals surface area (Å²) in [5, 5.41) is 0. The zero-order valence-corrected chi connectivity index (χ0v) is 7.45. The fourth-order valence-corrected chi connectivity index (χ4v) is 1.40. The van der Waals surface area contributed by atoms with Crippen LogP contribution in [0.1, 0.15) is 12.8 Å². The van der Waals surface area contributed by atoms with Crippen LogP contribution < -0.4 is 0 Å². The van der Waals surface area contributed by atoms with E-state index in [1.807, 2.05) is 7.05 Å². The summed E-state index contributed by atoms with van der Waals surface area (Å²) in [5.74, 6) is 0.00176. The Hall–Kier alpha value is -0.830. The van der Waals surface area contributed by atoms with E-state index in [9.17, 15) is 4.79 Å². The first-order valence-corrected chi connectivity index (χ1v) is 4.22. The van der Waals surface area contributed by atoms with Crippen LogP contribution in [-0.4, -0.2) is 37.1 Å². The Bertz CT molecular complexity index is 173. The van der Waals surface area contributed by atoms with Crippen molar-refractivity contribution in [2.75, 3.05) is 20.3 Å². The van der Waals surface area contributed by atoms with Crippen LogP contribution in [0.4, 0.5) is 0 Å². The molecule has 1 heterocycles. The molecule has 1 saturated heterocycles. The summed E-state index contributed by atoms with van der Waals surface area (Å²) in [7, 11) is 1.82. The van der Waals surface area contributed by atoms with Gasteiger partial charge in [0.05, 0.1) is 0 Å². The first-order valence-electron chi connectivity index (χ1n) is 4.22. The number of hydrogen-bond acceptors (Lipinski definition) is 2. The normalized spacial score (nSPS) is 18.8. The third-order valence-electron chi connectivity index (χ3n) is 2.26. The highest BCUT2D eigenvalue weighted by Crippen LogP contribution is 2.12. The third-order valence-corrected chi connectivity index (χ3v) is 2.26. The molecule has 1 amide bonds. The number of amides is 1. The molecule has 0 saturated carbocycles. The largest absolute Gasteiger partial charge is 0.381 e. The molecule has 12 heavy (non-hydrogen) atoms. The number of hydrogen-bond donors (Lipinski definition) is 0. The molecular weight excluding hydrogens is 154 g/mol. The second-order valence-electron chi connectivity index (χ2n) is 3.00. The molecule has 1 aliphatic heterocycles. The molecule has 3 heteroatoms. The van der Waals surface area contributed by atoms with Crippen LogP contribution in [0.3, 0.4) is 0 Å². The monoisotopic (exact) mass is 169 g/mol. The van der Waals surface area contributed by atoms with E-state index in [2.05, 4.69) is 6.58 Å². The van der Waals surface area contributed by atoms with Gasteiger partial charge in [0.15, 0.2) is 0 Å². The quantitative estimate of drug-likeness (QED) is 0.572. The smallest absolute Gasteiger partial charge is 0.245 e. The summed E-state index contributed by atoms with van der Waals surface area (Å²) in [6, 6.07) is 0.337. The molecule has 0 bridgehead atoms. The first-order chi connectivity index (χ1) is 5.75. The van der Waals surface area contributed by atoms with E-state index in [4.69, 9.17) is 4.74 Å². The summed E-state index contributed by atoms with van der Waals surface area (Å²) < 4.78 is 5.20. The number of likely N-dealkylation sites (N-methyl/N-ethyl adjacent to an activating group) is 1. The van der Waals surface area contributed by atoms with E-state index in [0.29, 0.717) is 6.04 Å². The Morgan fingerprint density at radius 1 is 1.58 bits per heavy atom. The lowest BCUT2D eigenvalue weighted by Gasteiger charge is -2.30. The molecule has 0 radical (unpaired) electrons. The Kier molecular flexibility index (Phi) is 3.29. The molecule has 0 aromatic rings. The molecule has 0 aromatic carbocycles. The lowest BCUT2D eigenvalue weighted by atomic mass is 10.1. The predicted octanol–water partition coefficient (Wildman–Crippen LogP) is 0.810. The maximum absolute atomic E-state index is 11.2. The SMILES string of the molecule is C=CC(=O)N(C)C1CCOCC1. The fraction of sp³-hybridized carbons (Fsp3) is 0.667. The Morgan fingerprint density at radius 3 is 2.67 bits per heavy atom. The Balaban J connectivity index is 2.44. The summed E-state index contributed by atoms with van der Waals surface area (Å²) in [4.78, 5) is 12.9. The van der Waals surface area contributed by atoms with Gasteiger partial charge in [-0.2, -0.15) is 0 Å². The van der Waals surface area contributed by atoms with Crippen molar-refractivity contribution in [3.63, 3.8) is 0 Å². The number of ether oxygens (including phenoxy) is 1. The van der Waals surface area contributed by atoms with Gasteiger partial charge < -0.3 is 9.64 Å². The fourth-order valence-electron chi connectivity index (χ4n) is 1.40. The zero-order valence-electron chi connectivity index (χ0n) is 7.45. The van der Waals surface area contributed by atoms with E-state index in [1.54, 1.807) is 4.90 Å². The highest BCUT2D eigenvalue weighted by molar-refractivity contribution is 5.86. The molecule has 1 fully saturated rings. The van der Waals surface area contributed by atoms with E-state index in [1.165, 1.54) is 6.08 Å². The molecule has 0 atom stereocenters. The van der Waals surface area contributed by atoms with Gasteiger partial charge in [-0.3, -0.25) is 4.79 Å². The van der Waals surface area contributed by atoms with Gasteiger partial charge in [-0.1, -0.05) is 6.58 Å². The summed E-state index contributed by atoms with van der Waals surface area (Å²) in [5.41, 5.74) is 0. The minimum absolute atomic E-state index is 0.00176. The van der Waals surface area contributed by atoms with Crippen LogP contribution in [-0.2, 0) is 9.53 Å². The number of rotatable bonds is 2. The minimum Gasteiger partial charge on any atom is -0.381 e. The van der Waals surface area contributed by atoms with E-state index >= 15 is 0 Å². The Labute approximate surface area is 73.0 Å². The lowest BCUT2D eigenvalue weighted by molar-refractivity contribution is -0.128. The first kappa shape index (κ1) is 9.26. The molecule has 0 aliphatic carbocycles. The molecule has 68 valence electrons. The van der Waals surface area contributed by atoms with E-state index in [0.717, 1.165) is 26.1 Å². The molecule has 0 unspecified atom stereocenters. The van der Waals surface area contributed by atoms with Crippen LogP contribution in [0, 0.1) is 0 Å². The van der Waals surface area contributed by atoms with Crippen LogP contribution in [0.25, 0.3) is 0 Å². The van der Waals surface area contributed by atoms with Crippen molar-refractivity contribution in [3.05, 3.63) is 12.7 Å². The maximum Gasteiger partial charge on any atom is 0.245 e. The number of carbonyl (C=O) groups excluding carboxylic acids is 1. The van der Waals surface area contributed by atoms with Gasteiger partial charge in [0.25, 0.3) is 0 Å². The highest BCUT2D eigenvalue weighted by Gasteiger charge is 2.20. The second kappa shape index (κ2) is 4.26.